The zero-order valence-corrected chi connectivity index (χ0v) is 7.20. The first-order valence-electron chi connectivity index (χ1n) is 3.63. The summed E-state index contributed by atoms with van der Waals surface area (Å²) < 4.78 is 24.7. The van der Waals surface area contributed by atoms with Crippen LogP contribution in [0.4, 0.5) is 20.3 Å². The number of hydrogen-bond acceptors (Lipinski definition) is 4. The fourth-order valence-electron chi connectivity index (χ4n) is 1.05. The van der Waals surface area contributed by atoms with Gasteiger partial charge in [0, 0.05) is 13.0 Å². The summed E-state index contributed by atoms with van der Waals surface area (Å²) in [4.78, 5) is 12.8. The minimum absolute atomic E-state index is 0.235. The van der Waals surface area contributed by atoms with Crippen molar-refractivity contribution in [3.63, 3.8) is 0 Å². The van der Waals surface area contributed by atoms with Gasteiger partial charge in [0.1, 0.15) is 5.56 Å². The van der Waals surface area contributed by atoms with Crippen molar-refractivity contribution in [2.75, 3.05) is 5.73 Å². The first kappa shape index (κ1) is 10.3. The normalized spacial score (nSPS) is 10.6. The monoisotopic (exact) mass is 203 g/mol. The Kier molecular flexibility index (Phi) is 2.59. The van der Waals surface area contributed by atoms with Crippen molar-refractivity contribution in [2.45, 2.75) is 13.3 Å². The predicted molar refractivity (Wildman–Crippen MR) is 45.0 cm³/mol. The Morgan fingerprint density at radius 2 is 2.21 bits per heavy atom. The van der Waals surface area contributed by atoms with Gasteiger partial charge < -0.3 is 15.8 Å². The molecule has 2 N–H and O–H groups in total. The van der Waals surface area contributed by atoms with Crippen LogP contribution in [0.3, 0.4) is 0 Å². The van der Waals surface area contributed by atoms with E-state index in [0.29, 0.717) is 0 Å². The highest BCUT2D eigenvalue weighted by molar-refractivity contribution is 5.55. The molecule has 1 rings (SSSR count). The summed E-state index contributed by atoms with van der Waals surface area (Å²) in [6, 6.07) is 1.18. The van der Waals surface area contributed by atoms with Gasteiger partial charge in [0.15, 0.2) is 5.69 Å². The standard InChI is InChI=1S/C7H7F2N3O2/c1-3-2-4(10)5(6(8)9)7(11-3)12(13)14/h2,6H,1H3,(H2,10,11). The Morgan fingerprint density at radius 3 is 2.64 bits per heavy atom. The molecule has 7 heteroatoms. The molecule has 0 atom stereocenters. The lowest BCUT2D eigenvalue weighted by molar-refractivity contribution is -0.391. The number of nitrogens with zero attached hydrogens (tertiary/aromatic N) is 2. The van der Waals surface area contributed by atoms with Gasteiger partial charge in [-0.15, -0.1) is 0 Å². The van der Waals surface area contributed by atoms with E-state index in [-0.39, 0.29) is 11.4 Å². The zero-order chi connectivity index (χ0) is 10.9. The third kappa shape index (κ3) is 1.76. The van der Waals surface area contributed by atoms with Gasteiger partial charge in [-0.3, -0.25) is 0 Å². The van der Waals surface area contributed by atoms with E-state index in [0.717, 1.165) is 0 Å². The summed E-state index contributed by atoms with van der Waals surface area (Å²) in [6.45, 7) is 1.44. The summed E-state index contributed by atoms with van der Waals surface area (Å²) in [7, 11) is 0. The highest BCUT2D eigenvalue weighted by Gasteiger charge is 2.26. The Labute approximate surface area is 77.7 Å². The van der Waals surface area contributed by atoms with Gasteiger partial charge >= 0.3 is 5.82 Å². The lowest BCUT2D eigenvalue weighted by atomic mass is 10.2. The number of anilines is 1. The third-order valence-electron chi connectivity index (χ3n) is 1.59. The van der Waals surface area contributed by atoms with E-state index in [2.05, 4.69) is 4.98 Å². The molecule has 0 aliphatic rings. The number of pyridine rings is 1. The van der Waals surface area contributed by atoms with Crippen LogP contribution in [0.1, 0.15) is 17.7 Å². The summed E-state index contributed by atoms with van der Waals surface area (Å²) in [5.41, 5.74) is 4.35. The number of aryl methyl sites for hydroxylation is 1. The van der Waals surface area contributed by atoms with Crippen LogP contribution in [-0.2, 0) is 0 Å². The average molecular weight is 203 g/mol. The number of nitrogen functional groups attached to an aromatic ring is 1. The van der Waals surface area contributed by atoms with E-state index in [4.69, 9.17) is 5.73 Å². The van der Waals surface area contributed by atoms with Crippen molar-refractivity contribution < 1.29 is 13.7 Å². The zero-order valence-electron chi connectivity index (χ0n) is 7.20. The van der Waals surface area contributed by atoms with Crippen LogP contribution < -0.4 is 5.73 Å². The van der Waals surface area contributed by atoms with Gasteiger partial charge in [0.2, 0.25) is 0 Å². The molecule has 0 aromatic carbocycles. The summed E-state index contributed by atoms with van der Waals surface area (Å²) in [5, 5.41) is 10.4. The molecule has 1 aromatic rings. The van der Waals surface area contributed by atoms with Crippen LogP contribution in [0.15, 0.2) is 6.07 Å². The lowest BCUT2D eigenvalue weighted by Gasteiger charge is -2.04. The van der Waals surface area contributed by atoms with Crippen LogP contribution in [0.25, 0.3) is 0 Å². The Balaban J connectivity index is 3.44. The number of nitro groups is 1. The number of alkyl halides is 2. The second-order valence-corrected chi connectivity index (χ2v) is 2.65. The van der Waals surface area contributed by atoms with Crippen molar-refractivity contribution in [1.82, 2.24) is 4.98 Å². The maximum absolute atomic E-state index is 12.4. The summed E-state index contributed by atoms with van der Waals surface area (Å²) in [6.07, 6.45) is -3.00. The first-order chi connectivity index (χ1) is 6.43. The van der Waals surface area contributed by atoms with Crippen molar-refractivity contribution >= 4 is 11.5 Å². The number of hydrogen-bond donors (Lipinski definition) is 1. The molecule has 0 unspecified atom stereocenters. The van der Waals surface area contributed by atoms with E-state index < -0.39 is 22.7 Å². The quantitative estimate of drug-likeness (QED) is 0.587. The van der Waals surface area contributed by atoms with Crippen LogP contribution >= 0.6 is 0 Å². The SMILES string of the molecule is Cc1cc(N)c(C(F)F)c([N+](=O)[O-])n1. The molecule has 0 spiro atoms. The van der Waals surface area contributed by atoms with E-state index in [1.54, 1.807) is 0 Å². The molecule has 14 heavy (non-hydrogen) atoms. The smallest absolute Gasteiger partial charge is 0.374 e. The molecule has 0 radical (unpaired) electrons. The van der Waals surface area contributed by atoms with Crippen LogP contribution in [-0.4, -0.2) is 9.91 Å². The highest BCUT2D eigenvalue weighted by Crippen LogP contribution is 2.32. The fraction of sp³-hybridized carbons (Fsp3) is 0.286. The Morgan fingerprint density at radius 1 is 1.64 bits per heavy atom. The molecule has 76 valence electrons. The van der Waals surface area contributed by atoms with E-state index in [1.165, 1.54) is 13.0 Å². The van der Waals surface area contributed by atoms with Gasteiger partial charge in [-0.1, -0.05) is 0 Å². The molecule has 1 aromatic heterocycles. The van der Waals surface area contributed by atoms with Crippen molar-refractivity contribution in [3.8, 4) is 0 Å². The van der Waals surface area contributed by atoms with E-state index >= 15 is 0 Å². The van der Waals surface area contributed by atoms with Crippen molar-refractivity contribution in [1.29, 1.82) is 0 Å². The lowest BCUT2D eigenvalue weighted by Crippen LogP contribution is -2.04. The average Bonchev–Trinajstić information content (AvgIpc) is 2.01. The second kappa shape index (κ2) is 3.52. The van der Waals surface area contributed by atoms with Gasteiger partial charge in [-0.2, -0.15) is 0 Å². The molecule has 0 saturated carbocycles. The topological polar surface area (TPSA) is 82.0 Å². The molecule has 1 heterocycles. The predicted octanol–water partition coefficient (Wildman–Crippen LogP) is 1.82. The van der Waals surface area contributed by atoms with Gasteiger partial charge in [0.05, 0.1) is 5.69 Å². The minimum Gasteiger partial charge on any atom is -0.398 e. The van der Waals surface area contributed by atoms with E-state index in [1.807, 2.05) is 0 Å². The molecule has 5 nitrogen and oxygen atoms in total. The van der Waals surface area contributed by atoms with Crippen molar-refractivity contribution in [2.24, 2.45) is 0 Å². The van der Waals surface area contributed by atoms with Gasteiger partial charge in [-0.25, -0.2) is 8.78 Å². The van der Waals surface area contributed by atoms with Gasteiger partial charge in [-0.05, 0) is 9.91 Å². The summed E-state index contributed by atoms with van der Waals surface area (Å²) >= 11 is 0. The fourth-order valence-corrected chi connectivity index (χ4v) is 1.05. The maximum Gasteiger partial charge on any atom is 0.374 e. The van der Waals surface area contributed by atoms with Crippen LogP contribution in [0.2, 0.25) is 0 Å². The molecule has 0 bridgehead atoms. The summed E-state index contributed by atoms with van der Waals surface area (Å²) in [5.74, 6) is -0.877. The molecule has 0 saturated heterocycles. The van der Waals surface area contributed by atoms with Crippen molar-refractivity contribution in [3.05, 3.63) is 27.4 Å². The molecule has 0 aliphatic carbocycles. The number of nitrogens with two attached hydrogens (primary N) is 1. The molecule has 0 aliphatic heterocycles. The molecule has 0 fully saturated rings. The third-order valence-corrected chi connectivity index (χ3v) is 1.59. The van der Waals surface area contributed by atoms with E-state index in [9.17, 15) is 18.9 Å². The number of aromatic nitrogens is 1. The van der Waals surface area contributed by atoms with Crippen LogP contribution in [0.5, 0.6) is 0 Å². The number of halogens is 2. The maximum atomic E-state index is 12.4. The Bertz CT molecular complexity index is 381. The highest BCUT2D eigenvalue weighted by atomic mass is 19.3. The first-order valence-corrected chi connectivity index (χ1v) is 3.63. The molecular weight excluding hydrogens is 196 g/mol. The number of rotatable bonds is 2. The molecule has 0 amide bonds. The Hall–Kier alpha value is -1.79. The second-order valence-electron chi connectivity index (χ2n) is 2.65. The van der Waals surface area contributed by atoms with Crippen LogP contribution in [0, 0.1) is 17.0 Å². The van der Waals surface area contributed by atoms with Gasteiger partial charge in [0.25, 0.3) is 6.43 Å². The minimum atomic E-state index is -3.00. The molecular formula is C7H7F2N3O2. The largest absolute Gasteiger partial charge is 0.398 e.